The molecule has 61 heavy (non-hydrogen) atoms. The fourth-order valence-electron chi connectivity index (χ4n) is 8.97. The minimum absolute atomic E-state index is 0.0598. The molecule has 0 radical (unpaired) electrons. The molecule has 0 N–H and O–H groups in total. The molecular formula is C55H33N5S. The van der Waals surface area contributed by atoms with E-state index in [0.717, 1.165) is 81.1 Å². The molecule has 5 nitrogen and oxygen atoms in total. The topological polar surface area (TPSA) is 48.5 Å². The zero-order chi connectivity index (χ0) is 48.7. The van der Waals surface area contributed by atoms with Crippen LogP contribution in [0.15, 0.2) is 210 Å². The van der Waals surface area contributed by atoms with E-state index in [-0.39, 0.29) is 28.7 Å². The summed E-state index contributed by atoms with van der Waals surface area (Å²) in [6.07, 6.45) is 0. The van der Waals surface area contributed by atoms with Crippen LogP contribution in [0.25, 0.3) is 111 Å². The zero-order valence-electron chi connectivity index (χ0n) is 41.9. The third kappa shape index (κ3) is 5.26. The Hall–Kier alpha value is -7.80. The summed E-state index contributed by atoms with van der Waals surface area (Å²) in [6, 6.07) is 42.0. The maximum Gasteiger partial charge on any atom is 0.238 e. The van der Waals surface area contributed by atoms with Crippen molar-refractivity contribution >= 4 is 66.1 Å². The number of nitrogens with zero attached hydrogens (tertiary/aromatic N) is 5. The van der Waals surface area contributed by atoms with Gasteiger partial charge in [-0.2, -0.15) is 9.97 Å². The fourth-order valence-corrected chi connectivity index (χ4v) is 10.1. The molecule has 0 atom stereocenters. The lowest BCUT2D eigenvalue weighted by atomic mass is 9.94. The minimum Gasteiger partial charge on any atom is -0.309 e. The first-order valence-electron chi connectivity index (χ1n) is 24.7. The number of fused-ring (bicyclic) bond motifs is 9. The quantitative estimate of drug-likeness (QED) is 0.174. The second-order valence-electron chi connectivity index (χ2n) is 14.9. The van der Waals surface area contributed by atoms with Crippen LogP contribution in [0.1, 0.15) is 13.7 Å². The Bertz CT molecular complexity index is 4200. The van der Waals surface area contributed by atoms with E-state index in [2.05, 4.69) is 101 Å². The fraction of sp³-hybridized carbons (Fsp3) is 0. The minimum atomic E-state index is -0.613. The van der Waals surface area contributed by atoms with Gasteiger partial charge in [-0.1, -0.05) is 157 Å². The normalized spacial score (nSPS) is 14.5. The zero-order valence-corrected chi connectivity index (χ0v) is 32.7. The molecule has 0 bridgehead atoms. The summed E-state index contributed by atoms with van der Waals surface area (Å²) in [7, 11) is 0. The Kier molecular flexibility index (Phi) is 5.61. The Balaban J connectivity index is 1.13. The molecule has 1 aliphatic heterocycles. The Morgan fingerprint density at radius 3 is 1.75 bits per heavy atom. The summed E-state index contributed by atoms with van der Waals surface area (Å²) in [4.78, 5) is 16.5. The number of aromatic nitrogens is 5. The molecule has 6 heteroatoms. The van der Waals surface area contributed by atoms with Crippen molar-refractivity contribution in [2.75, 3.05) is 0 Å². The van der Waals surface area contributed by atoms with E-state index in [9.17, 15) is 0 Å². The van der Waals surface area contributed by atoms with Crippen LogP contribution in [0.4, 0.5) is 0 Å². The Labute approximate surface area is 369 Å². The van der Waals surface area contributed by atoms with Crippen molar-refractivity contribution in [3.8, 4) is 56.7 Å². The van der Waals surface area contributed by atoms with Crippen molar-refractivity contribution in [1.82, 2.24) is 24.1 Å². The predicted octanol–water partition coefficient (Wildman–Crippen LogP) is 14.4. The van der Waals surface area contributed by atoms with Crippen molar-refractivity contribution in [2.24, 2.45) is 0 Å². The first-order valence-corrected chi connectivity index (χ1v) is 20.5. The van der Waals surface area contributed by atoms with Gasteiger partial charge in [0.25, 0.3) is 0 Å². The highest BCUT2D eigenvalue weighted by molar-refractivity contribution is 7.99. The van der Waals surface area contributed by atoms with Crippen LogP contribution >= 0.6 is 11.8 Å². The van der Waals surface area contributed by atoms with Crippen LogP contribution in [0.3, 0.4) is 0 Å². The standard InChI is InChI=1S/C55H33N5S/c1-4-15-34(16-5-1)53-56-54(35-17-6-2-7-18-35)58-55(57-53)60-47-30-28-37(36-27-29-46-43(31-36)39-21-10-12-25-45(39)59(46)38-19-8-3-9-20-38)32-44(47)51-42-24-14-23-41-40-22-11-13-26-49(40)61-50(52(41)42)33-48(51)60/h1-33H/i1D,2D,4D,5D,6D,7D,15D,16D,17D,18D. The molecule has 0 spiro atoms. The smallest absolute Gasteiger partial charge is 0.238 e. The number of hydrogen-bond acceptors (Lipinski definition) is 4. The third-order valence-corrected chi connectivity index (χ3v) is 12.7. The third-order valence-electron chi connectivity index (χ3n) is 11.5. The Morgan fingerprint density at radius 2 is 1.00 bits per heavy atom. The van der Waals surface area contributed by atoms with Crippen molar-refractivity contribution in [3.63, 3.8) is 0 Å². The van der Waals surface area contributed by atoms with Crippen LogP contribution < -0.4 is 0 Å². The van der Waals surface area contributed by atoms with Crippen LogP contribution in [-0.4, -0.2) is 24.1 Å². The van der Waals surface area contributed by atoms with Gasteiger partial charge in [-0.25, -0.2) is 4.98 Å². The lowest BCUT2D eigenvalue weighted by Gasteiger charge is -2.21. The van der Waals surface area contributed by atoms with Crippen LogP contribution in [0.2, 0.25) is 0 Å². The highest BCUT2D eigenvalue weighted by atomic mass is 32.2. The maximum absolute atomic E-state index is 8.97. The molecule has 3 aromatic heterocycles. The lowest BCUT2D eigenvalue weighted by Crippen LogP contribution is -2.06. The highest BCUT2D eigenvalue weighted by Crippen LogP contribution is 2.51. The number of benzene rings is 9. The van der Waals surface area contributed by atoms with Gasteiger partial charge in [0.1, 0.15) is 0 Å². The Morgan fingerprint density at radius 1 is 0.393 bits per heavy atom. The second kappa shape index (κ2) is 13.4. The summed E-state index contributed by atoms with van der Waals surface area (Å²) < 4.78 is 90.9. The molecule has 13 rings (SSSR count). The van der Waals surface area contributed by atoms with E-state index in [1.165, 1.54) is 0 Å². The van der Waals surface area contributed by atoms with E-state index in [4.69, 9.17) is 23.7 Å². The number of hydrogen-bond donors (Lipinski definition) is 0. The summed E-state index contributed by atoms with van der Waals surface area (Å²) in [6.45, 7) is 0. The summed E-state index contributed by atoms with van der Waals surface area (Å²) in [5.41, 5.74) is 7.99. The predicted molar refractivity (Wildman–Crippen MR) is 252 cm³/mol. The maximum atomic E-state index is 8.97. The van der Waals surface area contributed by atoms with Gasteiger partial charge in [-0.3, -0.25) is 4.57 Å². The summed E-state index contributed by atoms with van der Waals surface area (Å²) in [5, 5.41) is 5.95. The van der Waals surface area contributed by atoms with Gasteiger partial charge in [0.05, 0.1) is 35.8 Å². The summed E-state index contributed by atoms with van der Waals surface area (Å²) >= 11 is 1.64. The lowest BCUT2D eigenvalue weighted by molar-refractivity contribution is 0.953. The van der Waals surface area contributed by atoms with Gasteiger partial charge in [-0.15, -0.1) is 0 Å². The van der Waals surface area contributed by atoms with Crippen molar-refractivity contribution < 1.29 is 13.7 Å². The highest BCUT2D eigenvalue weighted by Gasteiger charge is 2.26. The van der Waals surface area contributed by atoms with Crippen LogP contribution in [-0.2, 0) is 0 Å². The van der Waals surface area contributed by atoms with Gasteiger partial charge in [0, 0.05) is 53.5 Å². The number of para-hydroxylation sites is 2. The SMILES string of the molecule is [2H]c1c([2H])c([2H])c(-c2nc(-c3c([2H])c([2H])c([2H])c([2H])c3[2H])nc(-n3c4ccc(-c5ccc6c(c5)c5ccccc5n6-c5ccccc5)cc4c4c5cccc6c5c(cc43)Sc3ccccc3-6)n2)c([2H])c1[2H]. The van der Waals surface area contributed by atoms with Crippen LogP contribution in [0, 0.1) is 0 Å². The molecule has 0 fully saturated rings. The van der Waals surface area contributed by atoms with Gasteiger partial charge < -0.3 is 4.57 Å². The first kappa shape index (κ1) is 25.6. The van der Waals surface area contributed by atoms with Crippen molar-refractivity contribution in [1.29, 1.82) is 0 Å². The van der Waals surface area contributed by atoms with E-state index < -0.39 is 60.4 Å². The molecule has 0 saturated carbocycles. The van der Waals surface area contributed by atoms with E-state index in [1.807, 2.05) is 53.1 Å². The molecule has 0 saturated heterocycles. The average Bonchev–Trinajstić information content (AvgIpc) is 3.91. The molecule has 12 aromatic rings. The molecule has 0 aliphatic carbocycles. The van der Waals surface area contributed by atoms with E-state index >= 15 is 0 Å². The number of rotatable bonds is 5. The molecule has 4 heterocycles. The van der Waals surface area contributed by atoms with Crippen LogP contribution in [0.5, 0.6) is 0 Å². The second-order valence-corrected chi connectivity index (χ2v) is 15.9. The molecular weight excluding hydrogens is 763 g/mol. The first-order chi connectivity index (χ1) is 34.4. The molecule has 0 amide bonds. The van der Waals surface area contributed by atoms with E-state index in [0.29, 0.717) is 11.0 Å². The van der Waals surface area contributed by atoms with Crippen molar-refractivity contribution in [3.05, 3.63) is 200 Å². The molecule has 0 unspecified atom stereocenters. The molecule has 9 aromatic carbocycles. The van der Waals surface area contributed by atoms with Crippen molar-refractivity contribution in [2.45, 2.75) is 9.79 Å². The molecule has 1 aliphatic rings. The van der Waals surface area contributed by atoms with E-state index in [1.54, 1.807) is 11.8 Å². The van der Waals surface area contributed by atoms with Gasteiger partial charge in [0.2, 0.25) is 5.95 Å². The van der Waals surface area contributed by atoms with Gasteiger partial charge >= 0.3 is 0 Å². The largest absolute Gasteiger partial charge is 0.309 e. The molecule has 284 valence electrons. The monoisotopic (exact) mass is 805 g/mol. The summed E-state index contributed by atoms with van der Waals surface area (Å²) in [5.74, 6) is -0.734. The average molecular weight is 806 g/mol. The van der Waals surface area contributed by atoms with Gasteiger partial charge in [0.15, 0.2) is 11.6 Å². The van der Waals surface area contributed by atoms with Gasteiger partial charge in [-0.05, 0) is 82.2 Å².